The summed E-state index contributed by atoms with van der Waals surface area (Å²) in [4.78, 5) is 15.1. The zero-order valence-corrected chi connectivity index (χ0v) is 15.5. The standard InChI is InChI=1S/C21H23NO2S/c1-3-12-22(13-11-19-7-5-14-25-19)18-9-10-20-17(15-18)6-4-8-21(20)24-16(2)23/h4-10,14-15H,3,11-13H2,1-2H3. The zero-order valence-electron chi connectivity index (χ0n) is 14.7. The van der Waals surface area contributed by atoms with E-state index in [1.165, 1.54) is 17.5 Å². The first-order chi connectivity index (χ1) is 12.2. The summed E-state index contributed by atoms with van der Waals surface area (Å²) in [5.74, 6) is 0.331. The molecule has 0 aliphatic carbocycles. The highest BCUT2D eigenvalue weighted by Gasteiger charge is 2.10. The average molecular weight is 353 g/mol. The van der Waals surface area contributed by atoms with Gasteiger partial charge in [0.25, 0.3) is 0 Å². The van der Waals surface area contributed by atoms with Crippen LogP contribution >= 0.6 is 11.3 Å². The molecule has 1 aromatic heterocycles. The largest absolute Gasteiger partial charge is 0.426 e. The van der Waals surface area contributed by atoms with Gasteiger partial charge < -0.3 is 9.64 Å². The SMILES string of the molecule is CCCN(CCc1cccs1)c1ccc2c(OC(C)=O)cccc2c1. The van der Waals surface area contributed by atoms with E-state index in [2.05, 4.69) is 53.6 Å². The van der Waals surface area contributed by atoms with Crippen LogP contribution in [0.1, 0.15) is 25.1 Å². The quantitative estimate of drug-likeness (QED) is 0.427. The van der Waals surface area contributed by atoms with Gasteiger partial charge in [-0.25, -0.2) is 0 Å². The van der Waals surface area contributed by atoms with Crippen LogP contribution in [-0.4, -0.2) is 19.1 Å². The summed E-state index contributed by atoms with van der Waals surface area (Å²) in [5, 5.41) is 4.19. The van der Waals surface area contributed by atoms with Crippen LogP contribution in [-0.2, 0) is 11.2 Å². The number of nitrogens with zero attached hydrogens (tertiary/aromatic N) is 1. The van der Waals surface area contributed by atoms with Gasteiger partial charge >= 0.3 is 5.97 Å². The number of anilines is 1. The highest BCUT2D eigenvalue weighted by Crippen LogP contribution is 2.29. The van der Waals surface area contributed by atoms with Gasteiger partial charge in [-0.15, -0.1) is 11.3 Å². The van der Waals surface area contributed by atoms with E-state index in [0.717, 1.165) is 36.7 Å². The van der Waals surface area contributed by atoms with Crippen LogP contribution in [0.5, 0.6) is 5.75 Å². The minimum Gasteiger partial charge on any atom is -0.426 e. The lowest BCUT2D eigenvalue weighted by atomic mass is 10.1. The molecule has 4 heteroatoms. The summed E-state index contributed by atoms with van der Waals surface area (Å²) in [6.45, 7) is 5.67. The maximum Gasteiger partial charge on any atom is 0.308 e. The molecule has 0 saturated heterocycles. The van der Waals surface area contributed by atoms with E-state index in [0.29, 0.717) is 5.75 Å². The number of benzene rings is 2. The highest BCUT2D eigenvalue weighted by atomic mass is 32.1. The van der Waals surface area contributed by atoms with Crippen LogP contribution in [0, 0.1) is 0 Å². The molecule has 130 valence electrons. The Kier molecular flexibility index (Phi) is 5.71. The normalized spacial score (nSPS) is 10.8. The van der Waals surface area contributed by atoms with Crippen LogP contribution in [0.2, 0.25) is 0 Å². The molecule has 2 aromatic carbocycles. The molecule has 0 amide bonds. The lowest BCUT2D eigenvalue weighted by Crippen LogP contribution is -2.26. The topological polar surface area (TPSA) is 29.5 Å². The summed E-state index contributed by atoms with van der Waals surface area (Å²) in [5.41, 5.74) is 1.21. The molecule has 0 aliphatic heterocycles. The summed E-state index contributed by atoms with van der Waals surface area (Å²) >= 11 is 1.81. The number of fused-ring (bicyclic) bond motifs is 1. The van der Waals surface area contributed by atoms with Crippen LogP contribution in [0.3, 0.4) is 0 Å². The molecule has 0 N–H and O–H groups in total. The van der Waals surface area contributed by atoms with Crippen molar-refractivity contribution in [3.05, 3.63) is 58.8 Å². The Morgan fingerprint density at radius 3 is 2.72 bits per heavy atom. The molecule has 1 heterocycles. The van der Waals surface area contributed by atoms with Crippen molar-refractivity contribution < 1.29 is 9.53 Å². The minimum atomic E-state index is -0.292. The van der Waals surface area contributed by atoms with Crippen molar-refractivity contribution >= 4 is 33.8 Å². The molecule has 0 atom stereocenters. The summed E-state index contributed by atoms with van der Waals surface area (Å²) in [7, 11) is 0. The first-order valence-electron chi connectivity index (χ1n) is 8.66. The van der Waals surface area contributed by atoms with Gasteiger partial charge in [-0.2, -0.15) is 0 Å². The number of rotatable bonds is 7. The van der Waals surface area contributed by atoms with Crippen molar-refractivity contribution in [3.63, 3.8) is 0 Å². The number of hydrogen-bond donors (Lipinski definition) is 0. The van der Waals surface area contributed by atoms with Crippen LogP contribution in [0.4, 0.5) is 5.69 Å². The maximum absolute atomic E-state index is 11.3. The molecule has 0 saturated carbocycles. The van der Waals surface area contributed by atoms with E-state index in [1.54, 1.807) is 0 Å². The first-order valence-corrected chi connectivity index (χ1v) is 9.54. The van der Waals surface area contributed by atoms with Gasteiger partial charge in [0.1, 0.15) is 5.75 Å². The monoisotopic (exact) mass is 353 g/mol. The Bertz CT molecular complexity index is 842. The second-order valence-corrected chi connectivity index (χ2v) is 7.10. The molecule has 0 aliphatic rings. The van der Waals surface area contributed by atoms with Crippen molar-refractivity contribution in [1.82, 2.24) is 0 Å². The van der Waals surface area contributed by atoms with Crippen molar-refractivity contribution in [2.45, 2.75) is 26.7 Å². The van der Waals surface area contributed by atoms with Crippen molar-refractivity contribution in [2.24, 2.45) is 0 Å². The zero-order chi connectivity index (χ0) is 17.6. The number of ether oxygens (including phenoxy) is 1. The third-order valence-electron chi connectivity index (χ3n) is 4.14. The van der Waals surface area contributed by atoms with Gasteiger partial charge in [-0.05, 0) is 53.9 Å². The Morgan fingerprint density at radius 2 is 2.00 bits per heavy atom. The second kappa shape index (κ2) is 8.17. The number of carbonyl (C=O) groups is 1. The lowest BCUT2D eigenvalue weighted by molar-refractivity contribution is -0.131. The third-order valence-corrected chi connectivity index (χ3v) is 5.08. The fraction of sp³-hybridized carbons (Fsp3) is 0.286. The van der Waals surface area contributed by atoms with E-state index in [1.807, 2.05) is 23.5 Å². The molecular formula is C21H23NO2S. The lowest BCUT2D eigenvalue weighted by Gasteiger charge is -2.24. The second-order valence-electron chi connectivity index (χ2n) is 6.07. The van der Waals surface area contributed by atoms with Crippen molar-refractivity contribution in [2.75, 3.05) is 18.0 Å². The first kappa shape index (κ1) is 17.5. The number of thiophene rings is 1. The summed E-state index contributed by atoms with van der Waals surface area (Å²) in [6.07, 6.45) is 2.17. The van der Waals surface area contributed by atoms with Gasteiger partial charge in [0, 0.05) is 36.0 Å². The smallest absolute Gasteiger partial charge is 0.308 e. The molecule has 0 spiro atoms. The van der Waals surface area contributed by atoms with E-state index in [9.17, 15) is 4.79 Å². The molecular weight excluding hydrogens is 330 g/mol. The predicted octanol–water partition coefficient (Wildman–Crippen LogP) is 5.29. The number of esters is 1. The fourth-order valence-electron chi connectivity index (χ4n) is 3.02. The van der Waals surface area contributed by atoms with Gasteiger partial charge in [-0.3, -0.25) is 4.79 Å². The van der Waals surface area contributed by atoms with Gasteiger partial charge in [0.2, 0.25) is 0 Å². The average Bonchev–Trinajstić information content (AvgIpc) is 3.11. The van der Waals surface area contributed by atoms with Gasteiger partial charge in [0.15, 0.2) is 0 Å². The van der Waals surface area contributed by atoms with Gasteiger partial charge in [-0.1, -0.05) is 25.1 Å². The fourth-order valence-corrected chi connectivity index (χ4v) is 3.72. The molecule has 0 bridgehead atoms. The minimum absolute atomic E-state index is 0.292. The van der Waals surface area contributed by atoms with Crippen LogP contribution < -0.4 is 9.64 Å². The van der Waals surface area contributed by atoms with E-state index in [4.69, 9.17) is 4.74 Å². The Balaban J connectivity index is 1.85. The predicted molar refractivity (Wildman–Crippen MR) is 106 cm³/mol. The van der Waals surface area contributed by atoms with E-state index in [-0.39, 0.29) is 5.97 Å². The number of hydrogen-bond acceptors (Lipinski definition) is 4. The van der Waals surface area contributed by atoms with Crippen LogP contribution in [0.25, 0.3) is 10.8 Å². The summed E-state index contributed by atoms with van der Waals surface area (Å²) in [6, 6.07) is 16.5. The van der Waals surface area contributed by atoms with E-state index < -0.39 is 0 Å². The molecule has 0 unspecified atom stereocenters. The molecule has 0 fully saturated rings. The third kappa shape index (κ3) is 4.40. The molecule has 25 heavy (non-hydrogen) atoms. The van der Waals surface area contributed by atoms with Crippen molar-refractivity contribution in [3.8, 4) is 5.75 Å². The summed E-state index contributed by atoms with van der Waals surface area (Å²) < 4.78 is 5.32. The molecule has 0 radical (unpaired) electrons. The molecule has 3 nitrogen and oxygen atoms in total. The highest BCUT2D eigenvalue weighted by molar-refractivity contribution is 7.09. The van der Waals surface area contributed by atoms with E-state index >= 15 is 0 Å². The van der Waals surface area contributed by atoms with Gasteiger partial charge in [0.05, 0.1) is 0 Å². The Labute approximate surface area is 152 Å². The Hall–Kier alpha value is -2.33. The Morgan fingerprint density at radius 1 is 1.12 bits per heavy atom. The van der Waals surface area contributed by atoms with Crippen molar-refractivity contribution in [1.29, 1.82) is 0 Å². The van der Waals surface area contributed by atoms with Crippen LogP contribution in [0.15, 0.2) is 53.9 Å². The molecule has 3 rings (SSSR count). The maximum atomic E-state index is 11.3. The molecule has 3 aromatic rings. The number of carbonyl (C=O) groups excluding carboxylic acids is 1.